The van der Waals surface area contributed by atoms with Gasteiger partial charge in [0.15, 0.2) is 0 Å². The van der Waals surface area contributed by atoms with Gasteiger partial charge in [0.05, 0.1) is 0 Å². The molecule has 0 aliphatic rings. The number of hydrogen-bond acceptors (Lipinski definition) is 2. The number of carbonyl (C=O) groups excluding carboxylic acids is 1. The molecule has 0 radical (unpaired) electrons. The number of ether oxygens (including phenoxy) is 1. The van der Waals surface area contributed by atoms with Crippen molar-refractivity contribution in [3.05, 3.63) is 35.1 Å². The zero-order chi connectivity index (χ0) is 12.0. The Hall–Kier alpha value is -1.42. The van der Waals surface area contributed by atoms with Gasteiger partial charge in [-0.15, -0.1) is 0 Å². The molecule has 0 aromatic heterocycles. The highest BCUT2D eigenvalue weighted by molar-refractivity contribution is 5.95. The van der Waals surface area contributed by atoms with Crippen LogP contribution in [0.1, 0.15) is 22.3 Å². The van der Waals surface area contributed by atoms with Crippen molar-refractivity contribution in [1.82, 2.24) is 5.32 Å². The molecule has 1 aromatic rings. The van der Waals surface area contributed by atoms with E-state index >= 15 is 0 Å². The van der Waals surface area contributed by atoms with Crippen LogP contribution in [0, 0.1) is 12.7 Å². The van der Waals surface area contributed by atoms with E-state index in [1.807, 2.05) is 0 Å². The highest BCUT2D eigenvalue weighted by Gasteiger charge is 2.08. The minimum atomic E-state index is -0.326. The SMILES string of the molecule is COCCCNC(=O)c1ccc(F)cc1C. The van der Waals surface area contributed by atoms with Crippen molar-refractivity contribution >= 4 is 5.91 Å². The second kappa shape index (κ2) is 6.23. The summed E-state index contributed by atoms with van der Waals surface area (Å²) in [5.41, 5.74) is 1.16. The molecule has 1 aromatic carbocycles. The minimum absolute atomic E-state index is 0.173. The molecule has 0 unspecified atom stereocenters. The molecule has 0 saturated carbocycles. The number of nitrogens with one attached hydrogen (secondary N) is 1. The third-order valence-corrected chi connectivity index (χ3v) is 2.24. The van der Waals surface area contributed by atoms with Crippen molar-refractivity contribution in [2.24, 2.45) is 0 Å². The second-order valence-electron chi connectivity index (χ2n) is 3.56. The van der Waals surface area contributed by atoms with Crippen molar-refractivity contribution in [3.8, 4) is 0 Å². The summed E-state index contributed by atoms with van der Waals surface area (Å²) in [6.45, 7) is 2.89. The molecule has 0 saturated heterocycles. The summed E-state index contributed by atoms with van der Waals surface area (Å²) in [4.78, 5) is 11.7. The van der Waals surface area contributed by atoms with Crippen molar-refractivity contribution < 1.29 is 13.9 Å². The van der Waals surface area contributed by atoms with Crippen LogP contribution in [0.3, 0.4) is 0 Å². The van der Waals surface area contributed by atoms with E-state index < -0.39 is 0 Å². The number of amides is 1. The van der Waals surface area contributed by atoms with Crippen LogP contribution in [-0.4, -0.2) is 26.2 Å². The zero-order valence-electron chi connectivity index (χ0n) is 9.55. The number of halogens is 1. The van der Waals surface area contributed by atoms with Gasteiger partial charge in [-0.3, -0.25) is 4.79 Å². The van der Waals surface area contributed by atoms with E-state index in [1.54, 1.807) is 14.0 Å². The lowest BCUT2D eigenvalue weighted by Crippen LogP contribution is -2.25. The summed E-state index contributed by atoms with van der Waals surface area (Å²) >= 11 is 0. The fraction of sp³-hybridized carbons (Fsp3) is 0.417. The Morgan fingerprint density at radius 2 is 2.25 bits per heavy atom. The highest BCUT2D eigenvalue weighted by atomic mass is 19.1. The van der Waals surface area contributed by atoms with Crippen LogP contribution in [-0.2, 0) is 4.74 Å². The van der Waals surface area contributed by atoms with Gasteiger partial charge in [0, 0.05) is 25.8 Å². The van der Waals surface area contributed by atoms with Crippen molar-refractivity contribution in [2.45, 2.75) is 13.3 Å². The average Bonchev–Trinajstić information content (AvgIpc) is 2.24. The van der Waals surface area contributed by atoms with Gasteiger partial charge < -0.3 is 10.1 Å². The van der Waals surface area contributed by atoms with Crippen LogP contribution in [0.25, 0.3) is 0 Å². The van der Waals surface area contributed by atoms with E-state index in [4.69, 9.17) is 4.74 Å². The number of benzene rings is 1. The van der Waals surface area contributed by atoms with E-state index in [0.717, 1.165) is 6.42 Å². The molecule has 0 atom stereocenters. The first-order chi connectivity index (χ1) is 7.65. The second-order valence-corrected chi connectivity index (χ2v) is 3.56. The maximum Gasteiger partial charge on any atom is 0.251 e. The standard InChI is InChI=1S/C12H16FNO2/c1-9-8-10(13)4-5-11(9)12(15)14-6-3-7-16-2/h4-5,8H,3,6-7H2,1-2H3,(H,14,15). The number of aryl methyl sites for hydroxylation is 1. The molecule has 88 valence electrons. The van der Waals surface area contributed by atoms with Crippen LogP contribution in [0.4, 0.5) is 4.39 Å². The summed E-state index contributed by atoms with van der Waals surface area (Å²) in [7, 11) is 1.62. The fourth-order valence-corrected chi connectivity index (χ4v) is 1.40. The predicted molar refractivity (Wildman–Crippen MR) is 60.0 cm³/mol. The summed E-state index contributed by atoms with van der Waals surface area (Å²) in [5.74, 6) is -0.498. The summed E-state index contributed by atoms with van der Waals surface area (Å²) < 4.78 is 17.7. The van der Waals surface area contributed by atoms with Gasteiger partial charge in [0.2, 0.25) is 0 Å². The summed E-state index contributed by atoms with van der Waals surface area (Å²) in [6.07, 6.45) is 0.766. The number of methoxy groups -OCH3 is 1. The van der Waals surface area contributed by atoms with E-state index in [-0.39, 0.29) is 11.7 Å². The molecule has 3 nitrogen and oxygen atoms in total. The quantitative estimate of drug-likeness (QED) is 0.777. The third kappa shape index (κ3) is 3.62. The Kier molecular flexibility index (Phi) is 4.92. The smallest absolute Gasteiger partial charge is 0.251 e. The van der Waals surface area contributed by atoms with Gasteiger partial charge in [-0.2, -0.15) is 0 Å². The van der Waals surface area contributed by atoms with E-state index in [0.29, 0.717) is 24.3 Å². The third-order valence-electron chi connectivity index (χ3n) is 2.24. The van der Waals surface area contributed by atoms with Crippen LogP contribution < -0.4 is 5.32 Å². The largest absolute Gasteiger partial charge is 0.385 e. The predicted octanol–water partition coefficient (Wildman–Crippen LogP) is 1.90. The topological polar surface area (TPSA) is 38.3 Å². The molecule has 0 aliphatic carbocycles. The highest BCUT2D eigenvalue weighted by Crippen LogP contribution is 2.09. The number of hydrogen-bond donors (Lipinski definition) is 1. The van der Waals surface area contributed by atoms with Gasteiger partial charge >= 0.3 is 0 Å². The molecule has 0 fully saturated rings. The summed E-state index contributed by atoms with van der Waals surface area (Å²) in [5, 5.41) is 2.75. The first kappa shape index (κ1) is 12.6. The molecule has 0 bridgehead atoms. The lowest BCUT2D eigenvalue weighted by atomic mass is 10.1. The van der Waals surface area contributed by atoms with Gasteiger partial charge in [0.25, 0.3) is 5.91 Å². The first-order valence-electron chi connectivity index (χ1n) is 5.18. The molecule has 16 heavy (non-hydrogen) atoms. The average molecular weight is 225 g/mol. The van der Waals surface area contributed by atoms with Crippen molar-refractivity contribution in [1.29, 1.82) is 0 Å². The fourth-order valence-electron chi connectivity index (χ4n) is 1.40. The molecule has 1 N–H and O–H groups in total. The van der Waals surface area contributed by atoms with Gasteiger partial charge in [-0.1, -0.05) is 0 Å². The Morgan fingerprint density at radius 1 is 1.50 bits per heavy atom. The molecular weight excluding hydrogens is 209 g/mol. The van der Waals surface area contributed by atoms with Gasteiger partial charge in [-0.25, -0.2) is 4.39 Å². The molecule has 0 aliphatic heterocycles. The van der Waals surface area contributed by atoms with Crippen LogP contribution in [0.15, 0.2) is 18.2 Å². The normalized spacial score (nSPS) is 10.2. The molecule has 1 amide bonds. The summed E-state index contributed by atoms with van der Waals surface area (Å²) in [6, 6.07) is 4.14. The molecule has 4 heteroatoms. The monoisotopic (exact) mass is 225 g/mol. The van der Waals surface area contributed by atoms with Crippen LogP contribution in [0.5, 0.6) is 0 Å². The van der Waals surface area contributed by atoms with Gasteiger partial charge in [-0.05, 0) is 37.1 Å². The Morgan fingerprint density at radius 3 is 2.88 bits per heavy atom. The maximum absolute atomic E-state index is 12.8. The molecule has 0 spiro atoms. The zero-order valence-corrected chi connectivity index (χ0v) is 9.55. The molecule has 0 heterocycles. The molecule has 1 rings (SSSR count). The Labute approximate surface area is 94.6 Å². The van der Waals surface area contributed by atoms with Crippen LogP contribution in [0.2, 0.25) is 0 Å². The Balaban J connectivity index is 2.53. The number of rotatable bonds is 5. The Bertz CT molecular complexity index is 366. The van der Waals surface area contributed by atoms with E-state index in [9.17, 15) is 9.18 Å². The van der Waals surface area contributed by atoms with Crippen molar-refractivity contribution in [2.75, 3.05) is 20.3 Å². The molecular formula is C12H16FNO2. The maximum atomic E-state index is 12.8. The van der Waals surface area contributed by atoms with Crippen LogP contribution >= 0.6 is 0 Å². The minimum Gasteiger partial charge on any atom is -0.385 e. The van der Waals surface area contributed by atoms with E-state index in [1.165, 1.54) is 18.2 Å². The first-order valence-corrected chi connectivity index (χ1v) is 5.18. The number of carbonyl (C=O) groups is 1. The van der Waals surface area contributed by atoms with Gasteiger partial charge in [0.1, 0.15) is 5.82 Å². The lowest BCUT2D eigenvalue weighted by molar-refractivity contribution is 0.0948. The van der Waals surface area contributed by atoms with E-state index in [2.05, 4.69) is 5.32 Å². The lowest BCUT2D eigenvalue weighted by Gasteiger charge is -2.07. The van der Waals surface area contributed by atoms with Crippen molar-refractivity contribution in [3.63, 3.8) is 0 Å².